The van der Waals surface area contributed by atoms with Gasteiger partial charge >= 0.3 is 6.03 Å². The van der Waals surface area contributed by atoms with E-state index in [0.29, 0.717) is 5.76 Å². The Morgan fingerprint density at radius 1 is 1.05 bits per heavy atom. The van der Waals surface area contributed by atoms with Crippen molar-refractivity contribution in [2.45, 2.75) is 12.8 Å². The topological polar surface area (TPSA) is 91.7 Å². The van der Waals surface area contributed by atoms with Gasteiger partial charge in [0.05, 0.1) is 0 Å². The molecular weight excluding hydrogens is 262 g/mol. The van der Waals surface area contributed by atoms with Gasteiger partial charge in [-0.25, -0.2) is 4.79 Å². The number of anilines is 1. The predicted octanol–water partition coefficient (Wildman–Crippen LogP) is 0.629. The maximum atomic E-state index is 11.6. The van der Waals surface area contributed by atoms with Gasteiger partial charge in [-0.1, -0.05) is 0 Å². The number of carbonyl (C=O) groups excluding carboxylic acids is 3. The van der Waals surface area contributed by atoms with E-state index in [9.17, 15) is 14.4 Å². The second-order valence-electron chi connectivity index (χ2n) is 4.67. The lowest BCUT2D eigenvalue weighted by molar-refractivity contribution is -0.123. The number of furan rings is 1. The van der Waals surface area contributed by atoms with Crippen molar-refractivity contribution >= 4 is 29.8 Å². The highest BCUT2D eigenvalue weighted by Crippen LogP contribution is 2.24. The average molecular weight is 275 g/mol. The van der Waals surface area contributed by atoms with Crippen molar-refractivity contribution in [3.8, 4) is 0 Å². The highest BCUT2D eigenvalue weighted by atomic mass is 16.4. The molecule has 2 saturated heterocycles. The van der Waals surface area contributed by atoms with Crippen LogP contribution in [0.1, 0.15) is 18.6 Å². The number of hydrogen-bond donors (Lipinski definition) is 2. The number of imide groups is 2. The molecule has 1 aromatic heterocycles. The first-order valence-corrected chi connectivity index (χ1v) is 6.36. The smallest absolute Gasteiger partial charge is 0.328 e. The molecule has 0 bridgehead atoms. The fourth-order valence-corrected chi connectivity index (χ4v) is 2.28. The number of amides is 4. The summed E-state index contributed by atoms with van der Waals surface area (Å²) in [6.07, 6.45) is 3.59. The molecule has 2 aliphatic rings. The first-order valence-electron chi connectivity index (χ1n) is 6.36. The number of carbonyl (C=O) groups is 3. The Bertz CT molecular complexity index is 589. The minimum Gasteiger partial charge on any atom is -0.441 e. The number of nitrogens with zero attached hydrogens (tertiary/aromatic N) is 1. The molecule has 0 radical (unpaired) electrons. The second kappa shape index (κ2) is 4.84. The van der Waals surface area contributed by atoms with Crippen LogP contribution in [0.15, 0.2) is 22.1 Å². The van der Waals surface area contributed by atoms with Crippen LogP contribution in [0.5, 0.6) is 0 Å². The first-order chi connectivity index (χ1) is 9.63. The molecule has 104 valence electrons. The highest BCUT2D eigenvalue weighted by Gasteiger charge is 2.28. The van der Waals surface area contributed by atoms with E-state index in [4.69, 9.17) is 4.42 Å². The summed E-state index contributed by atoms with van der Waals surface area (Å²) in [4.78, 5) is 36.2. The minimum atomic E-state index is -0.811. The lowest BCUT2D eigenvalue weighted by atomic mass is 10.1. The van der Waals surface area contributed by atoms with Crippen molar-refractivity contribution in [2.75, 3.05) is 18.0 Å². The maximum absolute atomic E-state index is 11.6. The molecule has 0 unspecified atom stereocenters. The van der Waals surface area contributed by atoms with E-state index < -0.39 is 17.8 Å². The summed E-state index contributed by atoms with van der Waals surface area (Å²) in [5.74, 6) is -0.320. The number of rotatable bonds is 2. The first kappa shape index (κ1) is 12.5. The summed E-state index contributed by atoms with van der Waals surface area (Å²) < 4.78 is 5.60. The van der Waals surface area contributed by atoms with E-state index in [1.54, 1.807) is 6.07 Å². The molecule has 3 heterocycles. The second-order valence-corrected chi connectivity index (χ2v) is 4.67. The Labute approximate surface area is 114 Å². The van der Waals surface area contributed by atoms with Crippen molar-refractivity contribution in [3.05, 3.63) is 23.5 Å². The van der Waals surface area contributed by atoms with Crippen LogP contribution in [0.4, 0.5) is 10.7 Å². The summed E-state index contributed by atoms with van der Waals surface area (Å²) in [6, 6.07) is 2.69. The molecule has 2 aliphatic heterocycles. The van der Waals surface area contributed by atoms with Crippen LogP contribution < -0.4 is 15.5 Å². The molecule has 0 saturated carbocycles. The lowest BCUT2D eigenvalue weighted by Crippen LogP contribution is -2.51. The van der Waals surface area contributed by atoms with Crippen molar-refractivity contribution < 1.29 is 18.8 Å². The van der Waals surface area contributed by atoms with Crippen LogP contribution >= 0.6 is 0 Å². The van der Waals surface area contributed by atoms with Crippen LogP contribution in [-0.2, 0) is 9.59 Å². The van der Waals surface area contributed by atoms with E-state index in [0.717, 1.165) is 31.8 Å². The molecule has 0 aromatic carbocycles. The predicted molar refractivity (Wildman–Crippen MR) is 69.8 cm³/mol. The van der Waals surface area contributed by atoms with E-state index in [-0.39, 0.29) is 5.57 Å². The zero-order valence-electron chi connectivity index (χ0n) is 10.6. The van der Waals surface area contributed by atoms with E-state index in [1.165, 1.54) is 6.08 Å². The number of nitrogens with one attached hydrogen (secondary N) is 2. The number of hydrogen-bond acceptors (Lipinski definition) is 5. The van der Waals surface area contributed by atoms with Gasteiger partial charge in [0.2, 0.25) is 0 Å². The molecule has 2 N–H and O–H groups in total. The molecule has 20 heavy (non-hydrogen) atoms. The third kappa shape index (κ3) is 2.29. The van der Waals surface area contributed by atoms with Crippen molar-refractivity contribution in [1.29, 1.82) is 0 Å². The Kier molecular flexibility index (Phi) is 3.02. The largest absolute Gasteiger partial charge is 0.441 e. The van der Waals surface area contributed by atoms with Crippen LogP contribution in [0.3, 0.4) is 0 Å². The van der Waals surface area contributed by atoms with Gasteiger partial charge in [-0.3, -0.25) is 20.2 Å². The molecule has 7 heteroatoms. The van der Waals surface area contributed by atoms with Gasteiger partial charge in [0.1, 0.15) is 11.3 Å². The van der Waals surface area contributed by atoms with Crippen molar-refractivity contribution in [1.82, 2.24) is 10.6 Å². The summed E-state index contributed by atoms with van der Waals surface area (Å²) in [7, 11) is 0. The van der Waals surface area contributed by atoms with Gasteiger partial charge in [0.25, 0.3) is 11.8 Å². The van der Waals surface area contributed by atoms with Crippen molar-refractivity contribution in [3.63, 3.8) is 0 Å². The molecule has 1 aromatic rings. The average Bonchev–Trinajstić information content (AvgIpc) is 3.04. The monoisotopic (exact) mass is 275 g/mol. The molecule has 3 rings (SSSR count). The fraction of sp³-hybridized carbons (Fsp3) is 0.308. The molecule has 0 atom stereocenters. The third-order valence-electron chi connectivity index (χ3n) is 3.26. The SMILES string of the molecule is O=C1NC(=O)C(=Cc2ccc(N3CCCC3)o2)C(=O)N1. The van der Waals surface area contributed by atoms with Crippen LogP contribution in [0, 0.1) is 0 Å². The van der Waals surface area contributed by atoms with E-state index in [1.807, 2.05) is 16.7 Å². The molecule has 7 nitrogen and oxygen atoms in total. The Morgan fingerprint density at radius 3 is 2.35 bits per heavy atom. The highest BCUT2D eigenvalue weighted by molar-refractivity contribution is 6.30. The molecule has 0 spiro atoms. The molecule has 4 amide bonds. The van der Waals surface area contributed by atoms with Gasteiger partial charge in [-0.15, -0.1) is 0 Å². The summed E-state index contributed by atoms with van der Waals surface area (Å²) in [5.41, 5.74) is -0.146. The Morgan fingerprint density at radius 2 is 1.70 bits per heavy atom. The quantitative estimate of drug-likeness (QED) is 0.610. The van der Waals surface area contributed by atoms with Gasteiger partial charge in [0.15, 0.2) is 5.88 Å². The zero-order valence-corrected chi connectivity index (χ0v) is 10.6. The normalized spacial score (nSPS) is 19.1. The Balaban J connectivity index is 1.82. The van der Waals surface area contributed by atoms with Crippen molar-refractivity contribution in [2.24, 2.45) is 0 Å². The third-order valence-corrected chi connectivity index (χ3v) is 3.26. The standard InChI is InChI=1S/C13H13N3O4/c17-11-9(12(18)15-13(19)14-11)7-8-3-4-10(20-8)16-5-1-2-6-16/h3-4,7H,1-2,5-6H2,(H2,14,15,17,18,19). The van der Waals surface area contributed by atoms with Gasteiger partial charge in [0, 0.05) is 19.2 Å². The fourth-order valence-electron chi connectivity index (χ4n) is 2.28. The summed E-state index contributed by atoms with van der Waals surface area (Å²) in [6.45, 7) is 1.89. The molecular formula is C13H13N3O4. The number of urea groups is 1. The van der Waals surface area contributed by atoms with Crippen LogP contribution in [0.2, 0.25) is 0 Å². The van der Waals surface area contributed by atoms with Gasteiger partial charge < -0.3 is 9.32 Å². The molecule has 0 aliphatic carbocycles. The summed E-state index contributed by atoms with van der Waals surface area (Å²) >= 11 is 0. The number of barbiturate groups is 1. The Hall–Kier alpha value is -2.57. The lowest BCUT2D eigenvalue weighted by Gasteiger charge is -2.14. The van der Waals surface area contributed by atoms with Crippen LogP contribution in [0.25, 0.3) is 6.08 Å². The summed E-state index contributed by atoms with van der Waals surface area (Å²) in [5, 5.41) is 4.02. The zero-order chi connectivity index (χ0) is 14.1. The minimum absolute atomic E-state index is 0.146. The van der Waals surface area contributed by atoms with E-state index >= 15 is 0 Å². The van der Waals surface area contributed by atoms with Gasteiger partial charge in [-0.05, 0) is 25.0 Å². The van der Waals surface area contributed by atoms with Gasteiger partial charge in [-0.2, -0.15) is 0 Å². The maximum Gasteiger partial charge on any atom is 0.328 e. The van der Waals surface area contributed by atoms with E-state index in [2.05, 4.69) is 4.90 Å². The molecule has 2 fully saturated rings. The van der Waals surface area contributed by atoms with Crippen LogP contribution in [-0.4, -0.2) is 30.9 Å².